The number of benzene rings is 1. The summed E-state index contributed by atoms with van der Waals surface area (Å²) in [6.45, 7) is 2.47. The predicted octanol–water partition coefficient (Wildman–Crippen LogP) is 4.22. The molecule has 1 aliphatic heterocycles. The number of nitrogens with zero attached hydrogens (tertiary/aromatic N) is 2. The largest absolute Gasteiger partial charge is 0.495 e. The molecule has 0 saturated heterocycles. The van der Waals surface area contributed by atoms with Crippen LogP contribution >= 0.6 is 11.6 Å². The van der Waals surface area contributed by atoms with E-state index in [0.29, 0.717) is 11.4 Å². The van der Waals surface area contributed by atoms with Gasteiger partial charge in [0.1, 0.15) is 23.1 Å². The monoisotopic (exact) mass is 476 g/mol. The first kappa shape index (κ1) is 25.3. The van der Waals surface area contributed by atoms with Crippen LogP contribution in [0, 0.1) is 5.82 Å². The number of carbonyl (C=O) groups excluding carboxylic acids is 1. The quantitative estimate of drug-likeness (QED) is 0.646. The Balaban J connectivity index is 0.000000244. The molecule has 12 heteroatoms. The van der Waals surface area contributed by atoms with Crippen molar-refractivity contribution in [2.45, 2.75) is 31.7 Å². The van der Waals surface area contributed by atoms with E-state index in [4.69, 9.17) is 22.1 Å². The number of nitrogens with two attached hydrogens (primary N) is 1. The number of ether oxygens (including phenoxy) is 2. The van der Waals surface area contributed by atoms with Gasteiger partial charge in [0.05, 0.1) is 31.0 Å². The van der Waals surface area contributed by atoms with Crippen molar-refractivity contribution in [3.63, 3.8) is 0 Å². The molecule has 0 spiro atoms. The first-order chi connectivity index (χ1) is 14.9. The Morgan fingerprint density at radius 2 is 1.97 bits per heavy atom. The zero-order valence-electron chi connectivity index (χ0n) is 17.3. The molecule has 2 aromatic rings. The number of methoxy groups -OCH3 is 1. The van der Waals surface area contributed by atoms with Crippen molar-refractivity contribution in [3.8, 4) is 5.75 Å². The van der Waals surface area contributed by atoms with Crippen molar-refractivity contribution in [1.82, 2.24) is 4.98 Å². The van der Waals surface area contributed by atoms with Gasteiger partial charge in [-0.3, -0.25) is 9.79 Å². The Kier molecular flexibility index (Phi) is 8.02. The molecule has 0 bridgehead atoms. The van der Waals surface area contributed by atoms with E-state index >= 15 is 0 Å². The van der Waals surface area contributed by atoms with E-state index in [1.807, 2.05) is 0 Å². The molecule has 7 nitrogen and oxygen atoms in total. The number of rotatable bonds is 3. The maximum atomic E-state index is 12.7. The Hall–Kier alpha value is -2.92. The van der Waals surface area contributed by atoms with Crippen LogP contribution in [-0.4, -0.2) is 48.3 Å². The van der Waals surface area contributed by atoms with E-state index in [-0.39, 0.29) is 29.2 Å². The van der Waals surface area contributed by atoms with Crippen molar-refractivity contribution >= 4 is 29.0 Å². The predicted molar refractivity (Wildman–Crippen MR) is 112 cm³/mol. The molecule has 0 fully saturated rings. The average molecular weight is 477 g/mol. The maximum Gasteiger partial charge on any atom is 0.424 e. The van der Waals surface area contributed by atoms with Crippen LogP contribution < -0.4 is 15.8 Å². The number of hydrogen-bond acceptors (Lipinski definition) is 6. The van der Waals surface area contributed by atoms with Gasteiger partial charge in [0, 0.05) is 11.8 Å². The molecule has 0 aliphatic carbocycles. The number of halogens is 5. The Morgan fingerprint density at radius 1 is 1.34 bits per heavy atom. The molecule has 0 saturated carbocycles. The van der Waals surface area contributed by atoms with Crippen LogP contribution in [0.2, 0.25) is 5.02 Å². The summed E-state index contributed by atoms with van der Waals surface area (Å²) in [5, 5.41) is 2.75. The first-order valence-corrected chi connectivity index (χ1v) is 9.56. The number of alkyl halides is 3. The highest BCUT2D eigenvalue weighted by atomic mass is 35.5. The summed E-state index contributed by atoms with van der Waals surface area (Å²) < 4.78 is 59.6. The average Bonchev–Trinajstić information content (AvgIpc) is 2.72. The summed E-state index contributed by atoms with van der Waals surface area (Å²) in [6.07, 6.45) is -3.12. The van der Waals surface area contributed by atoms with Crippen molar-refractivity contribution < 1.29 is 31.8 Å². The molecular formula is C20H21ClF4N4O3. The van der Waals surface area contributed by atoms with Crippen LogP contribution in [-0.2, 0) is 4.74 Å². The topological polar surface area (TPSA) is 98.8 Å². The highest BCUT2D eigenvalue weighted by Crippen LogP contribution is 2.35. The molecule has 0 unspecified atom stereocenters. The SMILES string of the molecule is COc1cnc(C(=O)Nc2ccc(F)cc2)c(Cl)c1.C[C@H]1CO[C@@](C)(C(F)(F)F)C(N)=N1. The maximum absolute atomic E-state index is 12.7. The lowest BCUT2D eigenvalue weighted by Crippen LogP contribution is -2.58. The van der Waals surface area contributed by atoms with E-state index in [0.717, 1.165) is 6.92 Å². The summed E-state index contributed by atoms with van der Waals surface area (Å²) >= 11 is 5.93. The number of carbonyl (C=O) groups is 1. The van der Waals surface area contributed by atoms with Crippen LogP contribution in [0.3, 0.4) is 0 Å². The fraction of sp³-hybridized carbons (Fsp3) is 0.350. The van der Waals surface area contributed by atoms with Gasteiger partial charge in [0.2, 0.25) is 5.60 Å². The highest BCUT2D eigenvalue weighted by molar-refractivity contribution is 6.34. The third kappa shape index (κ3) is 6.07. The third-order valence-corrected chi connectivity index (χ3v) is 4.66. The number of nitrogens with one attached hydrogen (secondary N) is 1. The normalized spacial score (nSPS) is 20.5. The van der Waals surface area contributed by atoms with Gasteiger partial charge in [0.15, 0.2) is 0 Å². The van der Waals surface area contributed by atoms with Crippen LogP contribution in [0.25, 0.3) is 0 Å². The zero-order valence-corrected chi connectivity index (χ0v) is 18.1. The second-order valence-corrected chi connectivity index (χ2v) is 7.28. The van der Waals surface area contributed by atoms with Gasteiger partial charge in [0.25, 0.3) is 5.91 Å². The van der Waals surface area contributed by atoms with Gasteiger partial charge in [-0.25, -0.2) is 9.37 Å². The number of hydrogen-bond donors (Lipinski definition) is 2. The standard InChI is InChI=1S/C13H10ClFN2O2.C7H11F3N2O/c1-19-10-6-11(14)12(16-7-10)13(18)17-9-4-2-8(15)3-5-9;1-4-3-13-6(2,5(11)12-4)7(8,9)10/h2-7H,1H3,(H,17,18);4H,3H2,1-2H3,(H2,11,12)/t;4-,6+/m.0/s1. The van der Waals surface area contributed by atoms with Gasteiger partial charge in [-0.2, -0.15) is 13.2 Å². The fourth-order valence-electron chi connectivity index (χ4n) is 2.41. The zero-order chi connectivity index (χ0) is 24.1. The van der Waals surface area contributed by atoms with Gasteiger partial charge < -0.3 is 20.5 Å². The number of amidine groups is 1. The second-order valence-electron chi connectivity index (χ2n) is 6.87. The fourth-order valence-corrected chi connectivity index (χ4v) is 2.65. The molecule has 174 valence electrons. The Labute approximate surface area is 186 Å². The minimum atomic E-state index is -4.51. The molecular weight excluding hydrogens is 456 g/mol. The van der Waals surface area contributed by atoms with E-state index in [1.165, 1.54) is 43.6 Å². The molecule has 1 aliphatic rings. The Bertz CT molecular complexity index is 986. The van der Waals surface area contributed by atoms with E-state index in [9.17, 15) is 22.4 Å². The molecule has 2 heterocycles. The number of amides is 1. The van der Waals surface area contributed by atoms with Crippen LogP contribution in [0.15, 0.2) is 41.5 Å². The molecule has 1 amide bonds. The van der Waals surface area contributed by atoms with Gasteiger partial charge in [-0.05, 0) is 38.1 Å². The van der Waals surface area contributed by atoms with Crippen LogP contribution in [0.5, 0.6) is 5.75 Å². The Morgan fingerprint density at radius 3 is 2.47 bits per heavy atom. The van der Waals surface area contributed by atoms with Crippen LogP contribution in [0.1, 0.15) is 24.3 Å². The molecule has 3 rings (SSSR count). The lowest BCUT2D eigenvalue weighted by molar-refractivity contribution is -0.245. The minimum absolute atomic E-state index is 0.0588. The number of aliphatic imine (C=N–C) groups is 1. The molecule has 1 aromatic heterocycles. The van der Waals surface area contributed by atoms with Crippen molar-refractivity contribution in [2.24, 2.45) is 10.7 Å². The van der Waals surface area contributed by atoms with Crippen molar-refractivity contribution in [2.75, 3.05) is 19.0 Å². The smallest absolute Gasteiger partial charge is 0.424 e. The molecule has 1 aromatic carbocycles. The van der Waals surface area contributed by atoms with Gasteiger partial charge in [-0.15, -0.1) is 0 Å². The highest BCUT2D eigenvalue weighted by Gasteiger charge is 2.57. The summed E-state index contributed by atoms with van der Waals surface area (Å²) in [6, 6.07) is 6.58. The lowest BCUT2D eigenvalue weighted by atomic mass is 10.0. The minimum Gasteiger partial charge on any atom is -0.495 e. The third-order valence-electron chi connectivity index (χ3n) is 4.37. The summed E-state index contributed by atoms with van der Waals surface area (Å²) in [4.78, 5) is 19.5. The molecule has 0 radical (unpaired) electrons. The summed E-state index contributed by atoms with van der Waals surface area (Å²) in [7, 11) is 1.48. The van der Waals surface area contributed by atoms with Crippen molar-refractivity contribution in [3.05, 3.63) is 53.1 Å². The van der Waals surface area contributed by atoms with Crippen molar-refractivity contribution in [1.29, 1.82) is 0 Å². The lowest BCUT2D eigenvalue weighted by Gasteiger charge is -2.35. The first-order valence-electron chi connectivity index (χ1n) is 9.18. The number of pyridine rings is 1. The summed E-state index contributed by atoms with van der Waals surface area (Å²) in [5.41, 5.74) is 3.31. The molecule has 2 atom stereocenters. The van der Waals surface area contributed by atoms with E-state index < -0.39 is 23.5 Å². The van der Waals surface area contributed by atoms with Crippen LogP contribution in [0.4, 0.5) is 23.2 Å². The van der Waals surface area contributed by atoms with Gasteiger partial charge in [-0.1, -0.05) is 11.6 Å². The molecule has 3 N–H and O–H groups in total. The van der Waals surface area contributed by atoms with E-state index in [2.05, 4.69) is 20.0 Å². The summed E-state index contributed by atoms with van der Waals surface area (Å²) in [5.74, 6) is -0.889. The van der Waals surface area contributed by atoms with Gasteiger partial charge >= 0.3 is 6.18 Å². The van der Waals surface area contributed by atoms with E-state index in [1.54, 1.807) is 6.92 Å². The number of anilines is 1. The number of aromatic nitrogens is 1. The second kappa shape index (κ2) is 10.1. The molecule has 32 heavy (non-hydrogen) atoms.